The van der Waals surface area contributed by atoms with Gasteiger partial charge in [0.15, 0.2) is 18.1 Å². The van der Waals surface area contributed by atoms with Crippen LogP contribution in [0.25, 0.3) is 0 Å². The first-order chi connectivity index (χ1) is 16.6. The van der Waals surface area contributed by atoms with Crippen LogP contribution in [0.5, 0.6) is 5.75 Å². The van der Waals surface area contributed by atoms with Gasteiger partial charge in [-0.2, -0.15) is 5.10 Å². The Morgan fingerprint density at radius 1 is 0.943 bits per heavy atom. The molecule has 0 atom stereocenters. The molecule has 1 aromatic heterocycles. The number of carbonyl (C=O) groups is 3. The third-order valence-corrected chi connectivity index (χ3v) is 4.87. The highest BCUT2D eigenvalue weighted by Gasteiger charge is 2.21. The van der Waals surface area contributed by atoms with Crippen LogP contribution in [0.15, 0.2) is 71.5 Å². The van der Waals surface area contributed by atoms with Gasteiger partial charge >= 0.3 is 5.97 Å². The van der Waals surface area contributed by atoms with Gasteiger partial charge in [0, 0.05) is 22.7 Å². The Kier molecular flexibility index (Phi) is 8.14. The molecule has 182 valence electrons. The van der Waals surface area contributed by atoms with Gasteiger partial charge in [0.25, 0.3) is 5.56 Å². The number of carbonyl (C=O) groups excluding carboxylic acids is 3. The SMILES string of the molecule is CC(C)(C)C(=O)Nc1ccc(C(=O)COC(=O)c2ccc(=O)n(CCOc3ccccc3)n2)cc1. The van der Waals surface area contributed by atoms with Crippen LogP contribution in [-0.2, 0) is 16.1 Å². The fraction of sp³-hybridized carbons (Fsp3) is 0.269. The van der Waals surface area contributed by atoms with Gasteiger partial charge in [0.05, 0.1) is 6.54 Å². The molecule has 0 saturated carbocycles. The lowest BCUT2D eigenvalue weighted by Crippen LogP contribution is -2.27. The van der Waals surface area contributed by atoms with Crippen molar-refractivity contribution in [3.05, 3.63) is 88.3 Å². The predicted octanol–water partition coefficient (Wildman–Crippen LogP) is 3.35. The van der Waals surface area contributed by atoms with Crippen LogP contribution in [0.2, 0.25) is 0 Å². The van der Waals surface area contributed by atoms with Crippen LogP contribution in [-0.4, -0.2) is 40.7 Å². The molecule has 0 aliphatic heterocycles. The number of anilines is 1. The van der Waals surface area contributed by atoms with E-state index in [4.69, 9.17) is 9.47 Å². The number of para-hydroxylation sites is 1. The lowest BCUT2D eigenvalue weighted by atomic mass is 9.95. The molecule has 0 aliphatic carbocycles. The summed E-state index contributed by atoms with van der Waals surface area (Å²) in [6.45, 7) is 5.21. The zero-order chi connectivity index (χ0) is 25.4. The van der Waals surface area contributed by atoms with Crippen molar-refractivity contribution < 1.29 is 23.9 Å². The Balaban J connectivity index is 1.54. The van der Waals surface area contributed by atoms with Gasteiger partial charge in [0.1, 0.15) is 12.4 Å². The van der Waals surface area contributed by atoms with Crippen LogP contribution < -0.4 is 15.6 Å². The summed E-state index contributed by atoms with van der Waals surface area (Å²) in [4.78, 5) is 48.9. The van der Waals surface area contributed by atoms with Crippen molar-refractivity contribution >= 4 is 23.3 Å². The standard InChI is InChI=1S/C26H27N3O6/c1-26(2,3)25(33)27-19-11-9-18(10-12-19)22(30)17-35-24(32)21-13-14-23(31)29(28-21)15-16-34-20-7-5-4-6-8-20/h4-14H,15-17H2,1-3H3,(H,27,33). The molecule has 0 bridgehead atoms. The fourth-order valence-corrected chi connectivity index (χ4v) is 2.83. The smallest absolute Gasteiger partial charge is 0.359 e. The minimum absolute atomic E-state index is 0.0997. The quantitative estimate of drug-likeness (QED) is 0.371. The van der Waals surface area contributed by atoms with E-state index < -0.39 is 29.3 Å². The number of Topliss-reactive ketones (excluding diaryl/α,β-unsaturated/α-hetero) is 1. The highest BCUT2D eigenvalue weighted by molar-refractivity contribution is 6.00. The van der Waals surface area contributed by atoms with Gasteiger partial charge in [-0.15, -0.1) is 0 Å². The number of ether oxygens (including phenoxy) is 2. The van der Waals surface area contributed by atoms with Gasteiger partial charge in [-0.1, -0.05) is 39.0 Å². The number of aromatic nitrogens is 2. The minimum Gasteiger partial charge on any atom is -0.492 e. The zero-order valence-corrected chi connectivity index (χ0v) is 19.8. The number of hydrogen-bond acceptors (Lipinski definition) is 7. The fourth-order valence-electron chi connectivity index (χ4n) is 2.83. The number of esters is 1. The summed E-state index contributed by atoms with van der Waals surface area (Å²) < 4.78 is 11.7. The van der Waals surface area contributed by atoms with Crippen LogP contribution in [0.4, 0.5) is 5.69 Å². The van der Waals surface area contributed by atoms with Gasteiger partial charge in [0.2, 0.25) is 5.91 Å². The van der Waals surface area contributed by atoms with E-state index in [1.807, 2.05) is 18.2 Å². The summed E-state index contributed by atoms with van der Waals surface area (Å²) in [7, 11) is 0. The largest absolute Gasteiger partial charge is 0.492 e. The highest BCUT2D eigenvalue weighted by Crippen LogP contribution is 2.18. The second-order valence-corrected chi connectivity index (χ2v) is 8.72. The highest BCUT2D eigenvalue weighted by atomic mass is 16.5. The number of nitrogens with one attached hydrogen (secondary N) is 1. The molecular formula is C26H27N3O6. The van der Waals surface area contributed by atoms with Crippen LogP contribution in [0, 0.1) is 5.41 Å². The maximum atomic E-state index is 12.4. The Morgan fingerprint density at radius 2 is 1.63 bits per heavy atom. The average molecular weight is 478 g/mol. The number of nitrogens with zero attached hydrogens (tertiary/aromatic N) is 2. The van der Waals surface area contributed by atoms with E-state index in [0.717, 1.165) is 4.68 Å². The van der Waals surface area contributed by atoms with Gasteiger partial charge in [-0.25, -0.2) is 9.48 Å². The summed E-state index contributed by atoms with van der Waals surface area (Å²) in [5, 5.41) is 6.78. The molecule has 35 heavy (non-hydrogen) atoms. The summed E-state index contributed by atoms with van der Waals surface area (Å²) in [5.74, 6) is -0.744. The maximum absolute atomic E-state index is 12.4. The molecule has 0 fully saturated rings. The van der Waals surface area contributed by atoms with E-state index in [-0.39, 0.29) is 24.8 Å². The zero-order valence-electron chi connectivity index (χ0n) is 19.8. The van der Waals surface area contributed by atoms with Crippen LogP contribution in [0.3, 0.4) is 0 Å². The van der Waals surface area contributed by atoms with E-state index in [1.54, 1.807) is 57.2 Å². The van der Waals surface area contributed by atoms with Crippen molar-refractivity contribution in [1.29, 1.82) is 0 Å². The first-order valence-corrected chi connectivity index (χ1v) is 11.0. The third kappa shape index (κ3) is 7.36. The molecule has 9 nitrogen and oxygen atoms in total. The number of rotatable bonds is 9. The lowest BCUT2D eigenvalue weighted by Gasteiger charge is -2.17. The number of amides is 1. The van der Waals surface area contributed by atoms with Crippen LogP contribution in [0.1, 0.15) is 41.6 Å². The molecule has 1 amide bonds. The molecule has 0 unspecified atom stereocenters. The molecule has 1 N–H and O–H groups in total. The monoisotopic (exact) mass is 477 g/mol. The molecule has 0 saturated heterocycles. The number of ketones is 1. The Morgan fingerprint density at radius 3 is 2.29 bits per heavy atom. The molecule has 3 rings (SSSR count). The summed E-state index contributed by atoms with van der Waals surface area (Å²) in [5.41, 5.74) is -0.164. The molecule has 0 spiro atoms. The topological polar surface area (TPSA) is 117 Å². The third-order valence-electron chi connectivity index (χ3n) is 4.87. The Hall–Kier alpha value is -4.27. The van der Waals surface area contributed by atoms with Crippen molar-refractivity contribution in [2.24, 2.45) is 5.41 Å². The Bertz CT molecular complexity index is 1240. The first-order valence-electron chi connectivity index (χ1n) is 11.0. The number of benzene rings is 2. The second kappa shape index (κ2) is 11.2. The van der Waals surface area contributed by atoms with E-state index in [2.05, 4.69) is 10.4 Å². The van der Waals surface area contributed by atoms with Crippen molar-refractivity contribution in [2.75, 3.05) is 18.5 Å². The van der Waals surface area contributed by atoms with Gasteiger partial charge in [-0.3, -0.25) is 14.4 Å². The Labute approximate surface area is 202 Å². The summed E-state index contributed by atoms with van der Waals surface area (Å²) in [6.07, 6.45) is 0. The van der Waals surface area contributed by atoms with Crippen molar-refractivity contribution in [3.63, 3.8) is 0 Å². The van der Waals surface area contributed by atoms with Crippen molar-refractivity contribution in [3.8, 4) is 5.75 Å². The molecular weight excluding hydrogens is 450 g/mol. The summed E-state index contributed by atoms with van der Waals surface area (Å²) in [6, 6.07) is 17.8. The van der Waals surface area contributed by atoms with Crippen molar-refractivity contribution in [1.82, 2.24) is 9.78 Å². The molecule has 1 heterocycles. The second-order valence-electron chi connectivity index (χ2n) is 8.72. The lowest BCUT2D eigenvalue weighted by molar-refractivity contribution is -0.123. The molecule has 0 radical (unpaired) electrons. The van der Waals surface area contributed by atoms with E-state index in [9.17, 15) is 19.2 Å². The molecule has 3 aromatic rings. The maximum Gasteiger partial charge on any atom is 0.359 e. The summed E-state index contributed by atoms with van der Waals surface area (Å²) >= 11 is 0. The van der Waals surface area contributed by atoms with Gasteiger partial charge < -0.3 is 14.8 Å². The average Bonchev–Trinajstić information content (AvgIpc) is 2.84. The minimum atomic E-state index is -0.829. The van der Waals surface area contributed by atoms with E-state index in [0.29, 0.717) is 17.0 Å². The first kappa shape index (κ1) is 25.4. The molecule has 0 aliphatic rings. The molecule has 9 heteroatoms. The van der Waals surface area contributed by atoms with Crippen LogP contribution >= 0.6 is 0 Å². The molecule has 2 aromatic carbocycles. The van der Waals surface area contributed by atoms with Crippen molar-refractivity contribution in [2.45, 2.75) is 27.3 Å². The van der Waals surface area contributed by atoms with E-state index in [1.165, 1.54) is 12.1 Å². The number of hydrogen-bond donors (Lipinski definition) is 1. The normalized spacial score (nSPS) is 10.9. The predicted molar refractivity (Wildman–Crippen MR) is 130 cm³/mol. The van der Waals surface area contributed by atoms with E-state index >= 15 is 0 Å². The van der Waals surface area contributed by atoms with Gasteiger partial charge in [-0.05, 0) is 42.5 Å².